The molecule has 0 spiro atoms. The largest absolute Gasteiger partial charge is 0.394 e. The van der Waals surface area contributed by atoms with Crippen molar-refractivity contribution in [3.63, 3.8) is 0 Å². The smallest absolute Gasteiger partial charge is 0.187 e. The molecule has 1 aromatic heterocycles. The highest BCUT2D eigenvalue weighted by Crippen LogP contribution is 2.30. The molecular weight excluding hydrogens is 221 g/mol. The van der Waals surface area contributed by atoms with Crippen molar-refractivity contribution in [3.8, 4) is 0 Å². The van der Waals surface area contributed by atoms with Crippen molar-refractivity contribution in [1.29, 1.82) is 0 Å². The molecule has 4 nitrogen and oxygen atoms in total. The molecule has 2 unspecified atom stereocenters. The van der Waals surface area contributed by atoms with E-state index in [9.17, 15) is 9.50 Å². The van der Waals surface area contributed by atoms with Crippen LogP contribution in [0.5, 0.6) is 0 Å². The Morgan fingerprint density at radius 2 is 2.29 bits per heavy atom. The molecule has 1 N–H and O–H groups in total. The summed E-state index contributed by atoms with van der Waals surface area (Å²) in [5, 5.41) is 9.38. The van der Waals surface area contributed by atoms with Gasteiger partial charge in [-0.25, -0.2) is 14.4 Å². The van der Waals surface area contributed by atoms with E-state index in [0.717, 1.165) is 13.0 Å². The van der Waals surface area contributed by atoms with Gasteiger partial charge in [-0.1, -0.05) is 13.8 Å². The fraction of sp³-hybridized carbons (Fsp3) is 0.667. The number of hydrogen-bond acceptors (Lipinski definition) is 4. The molecule has 0 saturated carbocycles. The molecule has 1 saturated heterocycles. The highest BCUT2D eigenvalue weighted by Gasteiger charge is 2.33. The summed E-state index contributed by atoms with van der Waals surface area (Å²) in [6, 6.07) is -0.0379. The van der Waals surface area contributed by atoms with Gasteiger partial charge in [-0.2, -0.15) is 0 Å². The van der Waals surface area contributed by atoms with Crippen LogP contribution >= 0.6 is 0 Å². The topological polar surface area (TPSA) is 49.2 Å². The van der Waals surface area contributed by atoms with Crippen LogP contribution in [0, 0.1) is 11.7 Å². The first kappa shape index (κ1) is 12.2. The molecule has 0 amide bonds. The maximum atomic E-state index is 14.1. The van der Waals surface area contributed by atoms with Gasteiger partial charge in [0, 0.05) is 6.54 Å². The molecule has 1 aliphatic rings. The van der Waals surface area contributed by atoms with E-state index in [2.05, 4.69) is 16.9 Å². The summed E-state index contributed by atoms with van der Waals surface area (Å²) in [5.41, 5.74) is 0.436. The van der Waals surface area contributed by atoms with E-state index in [1.165, 1.54) is 6.33 Å². The molecular formula is C12H18FN3O. The van der Waals surface area contributed by atoms with Crippen molar-refractivity contribution >= 4 is 5.82 Å². The second-order valence-electron chi connectivity index (χ2n) is 4.52. The van der Waals surface area contributed by atoms with Gasteiger partial charge in [0.15, 0.2) is 11.6 Å². The SMILES string of the molecule is CCc1ncnc(N2CCC(C)C2CO)c1F. The number of aryl methyl sites for hydroxylation is 1. The van der Waals surface area contributed by atoms with Gasteiger partial charge in [0.05, 0.1) is 18.3 Å². The summed E-state index contributed by atoms with van der Waals surface area (Å²) in [4.78, 5) is 9.82. The summed E-state index contributed by atoms with van der Waals surface area (Å²) in [6.07, 6.45) is 2.90. The van der Waals surface area contributed by atoms with Crippen molar-refractivity contribution in [2.45, 2.75) is 32.7 Å². The van der Waals surface area contributed by atoms with Gasteiger partial charge in [-0.3, -0.25) is 0 Å². The van der Waals surface area contributed by atoms with Crippen LogP contribution in [0.1, 0.15) is 26.0 Å². The molecule has 0 aliphatic carbocycles. The van der Waals surface area contributed by atoms with Gasteiger partial charge in [0.1, 0.15) is 6.33 Å². The van der Waals surface area contributed by atoms with Crippen LogP contribution in [-0.2, 0) is 6.42 Å². The minimum atomic E-state index is -0.345. The van der Waals surface area contributed by atoms with Crippen LogP contribution in [-0.4, -0.2) is 34.3 Å². The molecule has 1 aliphatic heterocycles. The Morgan fingerprint density at radius 1 is 1.53 bits per heavy atom. The lowest BCUT2D eigenvalue weighted by Gasteiger charge is -2.26. The predicted octanol–water partition coefficient (Wildman–Crippen LogP) is 1.39. The summed E-state index contributed by atoms with van der Waals surface area (Å²) in [5.74, 6) is 0.349. The molecule has 0 bridgehead atoms. The fourth-order valence-electron chi connectivity index (χ4n) is 2.39. The highest BCUT2D eigenvalue weighted by molar-refractivity contribution is 5.43. The van der Waals surface area contributed by atoms with Crippen LogP contribution in [0.15, 0.2) is 6.33 Å². The molecule has 0 aromatic carbocycles. The number of aromatic nitrogens is 2. The summed E-state index contributed by atoms with van der Waals surface area (Å²) in [6.45, 7) is 4.71. The minimum Gasteiger partial charge on any atom is -0.394 e. The van der Waals surface area contributed by atoms with Crippen LogP contribution in [0.4, 0.5) is 10.2 Å². The van der Waals surface area contributed by atoms with E-state index in [4.69, 9.17) is 0 Å². The van der Waals surface area contributed by atoms with Gasteiger partial charge in [-0.15, -0.1) is 0 Å². The normalized spacial score (nSPS) is 24.4. The van der Waals surface area contributed by atoms with E-state index in [1.807, 2.05) is 11.8 Å². The molecule has 0 radical (unpaired) electrons. The zero-order chi connectivity index (χ0) is 12.4. The number of aliphatic hydroxyl groups excluding tert-OH is 1. The molecule has 2 heterocycles. The molecule has 2 atom stereocenters. The van der Waals surface area contributed by atoms with E-state index >= 15 is 0 Å². The Labute approximate surface area is 101 Å². The number of aliphatic hydroxyl groups is 1. The first-order valence-corrected chi connectivity index (χ1v) is 6.05. The third-order valence-corrected chi connectivity index (χ3v) is 3.52. The third-order valence-electron chi connectivity index (χ3n) is 3.52. The Hall–Kier alpha value is -1.23. The second-order valence-corrected chi connectivity index (χ2v) is 4.52. The van der Waals surface area contributed by atoms with Crippen LogP contribution in [0.3, 0.4) is 0 Å². The lowest BCUT2D eigenvalue weighted by Crippen LogP contribution is -2.36. The van der Waals surface area contributed by atoms with E-state index in [1.54, 1.807) is 0 Å². The van der Waals surface area contributed by atoms with Crippen molar-refractivity contribution in [2.75, 3.05) is 18.1 Å². The predicted molar refractivity (Wildman–Crippen MR) is 63.4 cm³/mol. The highest BCUT2D eigenvalue weighted by atomic mass is 19.1. The zero-order valence-electron chi connectivity index (χ0n) is 10.2. The van der Waals surface area contributed by atoms with E-state index < -0.39 is 0 Å². The Kier molecular flexibility index (Phi) is 3.57. The van der Waals surface area contributed by atoms with Crippen molar-refractivity contribution < 1.29 is 9.50 Å². The van der Waals surface area contributed by atoms with Crippen molar-refractivity contribution in [3.05, 3.63) is 17.8 Å². The number of nitrogens with zero attached hydrogens (tertiary/aromatic N) is 3. The van der Waals surface area contributed by atoms with Crippen LogP contribution in [0.25, 0.3) is 0 Å². The molecule has 1 fully saturated rings. The maximum absolute atomic E-state index is 14.1. The van der Waals surface area contributed by atoms with Crippen LogP contribution in [0.2, 0.25) is 0 Å². The molecule has 1 aromatic rings. The summed E-state index contributed by atoms with van der Waals surface area (Å²) < 4.78 is 14.1. The third kappa shape index (κ3) is 2.11. The van der Waals surface area contributed by atoms with Crippen LogP contribution < -0.4 is 4.90 Å². The molecule has 17 heavy (non-hydrogen) atoms. The summed E-state index contributed by atoms with van der Waals surface area (Å²) in [7, 11) is 0. The van der Waals surface area contributed by atoms with Crippen molar-refractivity contribution in [2.24, 2.45) is 5.92 Å². The monoisotopic (exact) mass is 239 g/mol. The Bertz CT molecular complexity index is 399. The quantitative estimate of drug-likeness (QED) is 0.866. The average molecular weight is 239 g/mol. The van der Waals surface area contributed by atoms with Gasteiger partial charge in [-0.05, 0) is 18.8 Å². The summed E-state index contributed by atoms with van der Waals surface area (Å²) >= 11 is 0. The van der Waals surface area contributed by atoms with Gasteiger partial charge < -0.3 is 10.0 Å². The van der Waals surface area contributed by atoms with E-state index in [0.29, 0.717) is 23.9 Å². The number of anilines is 1. The second kappa shape index (κ2) is 4.96. The van der Waals surface area contributed by atoms with Gasteiger partial charge in [0.2, 0.25) is 0 Å². The minimum absolute atomic E-state index is 0.0338. The average Bonchev–Trinajstić information content (AvgIpc) is 2.70. The first-order valence-electron chi connectivity index (χ1n) is 6.05. The van der Waals surface area contributed by atoms with Crippen molar-refractivity contribution in [1.82, 2.24) is 9.97 Å². The number of halogens is 1. The number of rotatable bonds is 3. The molecule has 94 valence electrons. The Balaban J connectivity index is 2.34. The lowest BCUT2D eigenvalue weighted by atomic mass is 10.0. The fourth-order valence-corrected chi connectivity index (χ4v) is 2.39. The van der Waals surface area contributed by atoms with Gasteiger partial charge in [0.25, 0.3) is 0 Å². The van der Waals surface area contributed by atoms with E-state index in [-0.39, 0.29) is 18.5 Å². The maximum Gasteiger partial charge on any atom is 0.187 e. The first-order chi connectivity index (χ1) is 8.19. The van der Waals surface area contributed by atoms with Gasteiger partial charge >= 0.3 is 0 Å². The lowest BCUT2D eigenvalue weighted by molar-refractivity contribution is 0.244. The Morgan fingerprint density at radius 3 is 2.94 bits per heavy atom. The molecule has 5 heteroatoms. The number of hydrogen-bond donors (Lipinski definition) is 1. The standard InChI is InChI=1S/C12H18FN3O/c1-3-9-11(13)12(15-7-14-9)16-5-4-8(2)10(16)6-17/h7-8,10,17H,3-6H2,1-2H3. The zero-order valence-corrected chi connectivity index (χ0v) is 10.2. The molecule has 2 rings (SSSR count).